The molecule has 27 heavy (non-hydrogen) atoms. The zero-order valence-electron chi connectivity index (χ0n) is 17.3. The summed E-state index contributed by atoms with van der Waals surface area (Å²) >= 11 is 0. The minimum atomic E-state index is -0.412. The summed E-state index contributed by atoms with van der Waals surface area (Å²) in [6.45, 7) is 3.87. The summed E-state index contributed by atoms with van der Waals surface area (Å²) in [6.07, 6.45) is 13.2. The molecule has 0 amide bonds. The van der Waals surface area contributed by atoms with Crippen LogP contribution in [0.2, 0.25) is 0 Å². The normalized spacial score (nSPS) is 11.2. The number of hydrogen-bond acceptors (Lipinski definition) is 3. The van der Waals surface area contributed by atoms with Gasteiger partial charge in [0.1, 0.15) is 12.3 Å². The van der Waals surface area contributed by atoms with Crippen LogP contribution in [0.3, 0.4) is 0 Å². The van der Waals surface area contributed by atoms with Crippen LogP contribution in [-0.4, -0.2) is 35.2 Å². The number of phenols is 1. The average molecular weight is 401 g/mol. The van der Waals surface area contributed by atoms with E-state index < -0.39 is 4.92 Å². The van der Waals surface area contributed by atoms with Gasteiger partial charge in [-0.25, -0.2) is 0 Å². The van der Waals surface area contributed by atoms with Gasteiger partial charge in [0.2, 0.25) is 0 Å². The molecule has 0 bridgehead atoms. The molecule has 156 valence electrons. The molecule has 0 saturated heterocycles. The quantitative estimate of drug-likeness (QED) is 0.226. The van der Waals surface area contributed by atoms with Crippen molar-refractivity contribution >= 4 is 5.69 Å². The van der Waals surface area contributed by atoms with Crippen molar-refractivity contribution in [2.75, 3.05) is 20.6 Å². The topological polar surface area (TPSA) is 63.4 Å². The largest absolute Gasteiger partial charge is 1.00 e. The monoisotopic (exact) mass is 400 g/mol. The number of halogens is 1. The highest BCUT2D eigenvalue weighted by Crippen LogP contribution is 2.25. The SMILES string of the molecule is CCCCCCCCCCCC[N+](C)(C)Cc1cc([N+](=O)[O-])ccc1O.[Cl-]. The van der Waals surface area contributed by atoms with Gasteiger partial charge in [0.25, 0.3) is 5.69 Å². The fourth-order valence-corrected chi connectivity index (χ4v) is 3.38. The molecule has 1 aromatic carbocycles. The van der Waals surface area contributed by atoms with E-state index in [9.17, 15) is 15.2 Å². The summed E-state index contributed by atoms with van der Waals surface area (Å²) in [4.78, 5) is 10.5. The lowest BCUT2D eigenvalue weighted by Gasteiger charge is -2.30. The molecular weight excluding hydrogens is 364 g/mol. The Kier molecular flexibility index (Phi) is 13.1. The van der Waals surface area contributed by atoms with Crippen LogP contribution in [0, 0.1) is 10.1 Å². The number of benzene rings is 1. The molecule has 0 aliphatic heterocycles. The number of rotatable bonds is 14. The molecule has 0 spiro atoms. The molecule has 0 aliphatic rings. The zero-order valence-corrected chi connectivity index (χ0v) is 18.0. The first-order valence-electron chi connectivity index (χ1n) is 10.1. The van der Waals surface area contributed by atoms with Gasteiger partial charge >= 0.3 is 0 Å². The van der Waals surface area contributed by atoms with E-state index in [1.54, 1.807) is 0 Å². The predicted octanol–water partition coefficient (Wildman–Crippen LogP) is 2.80. The van der Waals surface area contributed by atoms with Gasteiger partial charge in [0.15, 0.2) is 0 Å². The van der Waals surface area contributed by atoms with Gasteiger partial charge in [0.05, 0.1) is 31.1 Å². The number of non-ortho nitro benzene ring substituents is 1. The van der Waals surface area contributed by atoms with Crippen molar-refractivity contribution in [3.63, 3.8) is 0 Å². The Labute approximate surface area is 170 Å². The van der Waals surface area contributed by atoms with Crippen LogP contribution in [0.15, 0.2) is 18.2 Å². The van der Waals surface area contributed by atoms with Crippen LogP contribution in [0.25, 0.3) is 0 Å². The maximum absolute atomic E-state index is 10.9. The molecule has 0 fully saturated rings. The lowest BCUT2D eigenvalue weighted by molar-refractivity contribution is -0.903. The van der Waals surface area contributed by atoms with Gasteiger partial charge in [-0.2, -0.15) is 0 Å². The molecule has 0 aromatic heterocycles. The van der Waals surface area contributed by atoms with E-state index in [0.717, 1.165) is 17.4 Å². The Bertz CT molecular complexity index is 550. The maximum atomic E-state index is 10.9. The van der Waals surface area contributed by atoms with Crippen LogP contribution in [-0.2, 0) is 6.54 Å². The van der Waals surface area contributed by atoms with Crippen LogP contribution in [0.5, 0.6) is 5.75 Å². The van der Waals surface area contributed by atoms with E-state index in [1.807, 2.05) is 0 Å². The Morgan fingerprint density at radius 1 is 0.963 bits per heavy atom. The average Bonchev–Trinajstić information content (AvgIpc) is 2.58. The molecule has 0 aliphatic carbocycles. The third-order valence-electron chi connectivity index (χ3n) is 4.99. The van der Waals surface area contributed by atoms with Crippen LogP contribution >= 0.6 is 0 Å². The number of nitro benzene ring substituents is 1. The second kappa shape index (κ2) is 13.8. The number of nitrogens with zero attached hydrogens (tertiary/aromatic N) is 2. The van der Waals surface area contributed by atoms with Crippen LogP contribution in [0.4, 0.5) is 5.69 Å². The van der Waals surface area contributed by atoms with Crippen LogP contribution in [0.1, 0.15) is 76.7 Å². The van der Waals surface area contributed by atoms with Gasteiger partial charge < -0.3 is 22.0 Å². The summed E-state index contributed by atoms with van der Waals surface area (Å²) in [5, 5.41) is 20.9. The lowest BCUT2D eigenvalue weighted by atomic mass is 10.1. The van der Waals surface area contributed by atoms with E-state index in [0.29, 0.717) is 12.1 Å². The molecule has 0 atom stereocenters. The summed E-state index contributed by atoms with van der Waals surface area (Å²) in [5.41, 5.74) is 0.688. The standard InChI is InChI=1S/C21H36N2O3.ClH/c1-4-5-6-7-8-9-10-11-12-13-16-23(2,3)18-19-17-20(22(25)26)14-15-21(19)24;/h14-15,17H,4-13,16,18H2,1-3H3;1H. The molecule has 0 saturated carbocycles. The van der Waals surface area contributed by atoms with Crippen molar-refractivity contribution < 1.29 is 26.9 Å². The van der Waals surface area contributed by atoms with Gasteiger partial charge in [-0.05, 0) is 18.9 Å². The number of phenolic OH excluding ortho intramolecular Hbond substituents is 1. The summed E-state index contributed by atoms with van der Waals surface area (Å²) < 4.78 is 0.728. The second-order valence-electron chi connectivity index (χ2n) is 8.07. The van der Waals surface area contributed by atoms with E-state index in [1.165, 1.54) is 76.0 Å². The minimum Gasteiger partial charge on any atom is -1.00 e. The van der Waals surface area contributed by atoms with E-state index in [4.69, 9.17) is 0 Å². The van der Waals surface area contributed by atoms with Gasteiger partial charge in [-0.15, -0.1) is 0 Å². The molecular formula is C21H37ClN2O3. The first-order chi connectivity index (χ1) is 12.4. The van der Waals surface area contributed by atoms with E-state index in [-0.39, 0.29) is 23.8 Å². The number of aromatic hydroxyl groups is 1. The Morgan fingerprint density at radius 3 is 2.00 bits per heavy atom. The Morgan fingerprint density at radius 2 is 1.48 bits per heavy atom. The predicted molar refractivity (Wildman–Crippen MR) is 107 cm³/mol. The van der Waals surface area contributed by atoms with Gasteiger partial charge in [-0.1, -0.05) is 58.3 Å². The lowest BCUT2D eigenvalue weighted by Crippen LogP contribution is -3.00. The van der Waals surface area contributed by atoms with E-state index in [2.05, 4.69) is 21.0 Å². The minimum absolute atomic E-state index is 0. The summed E-state index contributed by atoms with van der Waals surface area (Å²) in [7, 11) is 4.23. The molecule has 1 rings (SSSR count). The number of hydrogen-bond donors (Lipinski definition) is 1. The van der Waals surface area contributed by atoms with E-state index >= 15 is 0 Å². The molecule has 0 radical (unpaired) electrons. The highest BCUT2D eigenvalue weighted by molar-refractivity contribution is 5.42. The molecule has 1 aromatic rings. The summed E-state index contributed by atoms with van der Waals surface area (Å²) in [5.74, 6) is 0.143. The van der Waals surface area contributed by atoms with Crippen LogP contribution < -0.4 is 12.4 Å². The van der Waals surface area contributed by atoms with Crippen molar-refractivity contribution in [2.24, 2.45) is 0 Å². The molecule has 0 unspecified atom stereocenters. The van der Waals surface area contributed by atoms with Gasteiger partial charge in [0, 0.05) is 12.1 Å². The highest BCUT2D eigenvalue weighted by Gasteiger charge is 2.20. The van der Waals surface area contributed by atoms with Crippen molar-refractivity contribution in [2.45, 2.75) is 77.7 Å². The molecule has 0 heterocycles. The number of quaternary nitrogens is 1. The Balaban J connectivity index is 0.00000676. The fraction of sp³-hybridized carbons (Fsp3) is 0.714. The molecule has 6 heteroatoms. The Hall–Kier alpha value is -1.33. The van der Waals surface area contributed by atoms with Crippen molar-refractivity contribution in [3.8, 4) is 5.75 Å². The number of unbranched alkanes of at least 4 members (excludes halogenated alkanes) is 9. The first-order valence-corrected chi connectivity index (χ1v) is 10.1. The molecule has 1 N–H and O–H groups in total. The van der Waals surface area contributed by atoms with Gasteiger partial charge in [-0.3, -0.25) is 10.1 Å². The number of nitro groups is 1. The molecule has 5 nitrogen and oxygen atoms in total. The third kappa shape index (κ3) is 11.2. The van der Waals surface area contributed by atoms with Crippen molar-refractivity contribution in [3.05, 3.63) is 33.9 Å². The zero-order chi connectivity index (χ0) is 19.4. The second-order valence-corrected chi connectivity index (χ2v) is 8.07. The highest BCUT2D eigenvalue weighted by atomic mass is 35.5. The summed E-state index contributed by atoms with van der Waals surface area (Å²) in [6, 6.07) is 4.27. The van der Waals surface area contributed by atoms with Crippen molar-refractivity contribution in [1.82, 2.24) is 0 Å². The fourth-order valence-electron chi connectivity index (χ4n) is 3.38. The smallest absolute Gasteiger partial charge is 0.270 e. The first kappa shape index (κ1) is 25.7. The third-order valence-corrected chi connectivity index (χ3v) is 4.99. The maximum Gasteiger partial charge on any atom is 0.270 e. The van der Waals surface area contributed by atoms with Crippen molar-refractivity contribution in [1.29, 1.82) is 0 Å².